The Morgan fingerprint density at radius 1 is 1.25 bits per heavy atom. The third kappa shape index (κ3) is 5.57. The highest BCUT2D eigenvalue weighted by Gasteiger charge is 2.23. The molecule has 0 amide bonds. The van der Waals surface area contributed by atoms with Gasteiger partial charge in [-0.05, 0) is 29.5 Å². The van der Waals surface area contributed by atoms with E-state index >= 15 is 0 Å². The summed E-state index contributed by atoms with van der Waals surface area (Å²) in [5, 5.41) is 13.4. The normalized spacial score (nSPS) is 15.1. The van der Waals surface area contributed by atoms with Gasteiger partial charge in [-0.1, -0.05) is 32.9 Å². The molecule has 3 nitrogen and oxygen atoms in total. The number of aliphatic hydroxyl groups is 1. The molecule has 0 saturated carbocycles. The van der Waals surface area contributed by atoms with Gasteiger partial charge in [0, 0.05) is 26.3 Å². The van der Waals surface area contributed by atoms with Gasteiger partial charge in [-0.2, -0.15) is 0 Å². The Morgan fingerprint density at radius 2 is 1.85 bits per heavy atom. The monoisotopic (exact) mass is 283 g/mol. The van der Waals surface area contributed by atoms with Crippen LogP contribution in [-0.4, -0.2) is 31.5 Å². The standard InChI is InChI=1S/C16H26FNO2/c1-16(2,3)15(19)11-18-14(9-10-20-4)12-5-7-13(17)8-6-12/h5-8,14-15,18-19H,9-11H2,1-4H3. The van der Waals surface area contributed by atoms with Crippen LogP contribution < -0.4 is 5.32 Å². The van der Waals surface area contributed by atoms with Crippen molar-refractivity contribution in [3.05, 3.63) is 35.6 Å². The third-order valence-electron chi connectivity index (χ3n) is 3.44. The lowest BCUT2D eigenvalue weighted by Gasteiger charge is -2.28. The molecule has 0 radical (unpaired) electrons. The molecule has 0 aliphatic carbocycles. The van der Waals surface area contributed by atoms with Crippen molar-refractivity contribution in [3.63, 3.8) is 0 Å². The third-order valence-corrected chi connectivity index (χ3v) is 3.44. The summed E-state index contributed by atoms with van der Waals surface area (Å²) in [6.45, 7) is 7.11. The Kier molecular flexibility index (Phi) is 6.59. The van der Waals surface area contributed by atoms with E-state index in [0.717, 1.165) is 12.0 Å². The predicted molar refractivity (Wildman–Crippen MR) is 79.1 cm³/mol. The molecule has 4 heteroatoms. The van der Waals surface area contributed by atoms with Gasteiger partial charge < -0.3 is 15.2 Å². The highest BCUT2D eigenvalue weighted by atomic mass is 19.1. The van der Waals surface area contributed by atoms with Crippen LogP contribution in [0.3, 0.4) is 0 Å². The Hall–Kier alpha value is -0.970. The quantitative estimate of drug-likeness (QED) is 0.808. The zero-order valence-corrected chi connectivity index (χ0v) is 12.8. The second-order valence-corrected chi connectivity index (χ2v) is 6.18. The van der Waals surface area contributed by atoms with Crippen LogP contribution >= 0.6 is 0 Å². The maximum atomic E-state index is 13.0. The van der Waals surface area contributed by atoms with Crippen LogP contribution in [0.1, 0.15) is 38.8 Å². The van der Waals surface area contributed by atoms with Crippen molar-refractivity contribution in [2.75, 3.05) is 20.3 Å². The minimum absolute atomic E-state index is 0.0487. The van der Waals surface area contributed by atoms with Crippen molar-refractivity contribution in [1.29, 1.82) is 0 Å². The summed E-state index contributed by atoms with van der Waals surface area (Å²) < 4.78 is 18.1. The van der Waals surface area contributed by atoms with E-state index in [1.165, 1.54) is 12.1 Å². The number of ether oxygens (including phenoxy) is 1. The summed E-state index contributed by atoms with van der Waals surface area (Å²) in [4.78, 5) is 0. The summed E-state index contributed by atoms with van der Waals surface area (Å²) in [5.74, 6) is -0.242. The SMILES string of the molecule is COCCC(NCC(O)C(C)(C)C)c1ccc(F)cc1. The predicted octanol–water partition coefficient (Wildman–Crippen LogP) is 2.90. The number of halogens is 1. The van der Waals surface area contributed by atoms with Crippen LogP contribution in [0.25, 0.3) is 0 Å². The van der Waals surface area contributed by atoms with E-state index in [9.17, 15) is 9.50 Å². The Morgan fingerprint density at radius 3 is 2.35 bits per heavy atom. The van der Waals surface area contributed by atoms with Crippen LogP contribution in [0.15, 0.2) is 24.3 Å². The smallest absolute Gasteiger partial charge is 0.123 e. The van der Waals surface area contributed by atoms with Crippen molar-refractivity contribution in [2.24, 2.45) is 5.41 Å². The second kappa shape index (κ2) is 7.72. The molecule has 0 spiro atoms. The van der Waals surface area contributed by atoms with Crippen LogP contribution in [-0.2, 0) is 4.74 Å². The van der Waals surface area contributed by atoms with Crippen LogP contribution in [0, 0.1) is 11.2 Å². The molecule has 2 atom stereocenters. The topological polar surface area (TPSA) is 41.5 Å². The fraction of sp³-hybridized carbons (Fsp3) is 0.625. The number of aliphatic hydroxyl groups excluding tert-OH is 1. The van der Waals surface area contributed by atoms with E-state index in [-0.39, 0.29) is 17.3 Å². The first-order valence-corrected chi connectivity index (χ1v) is 7.00. The van der Waals surface area contributed by atoms with Gasteiger partial charge in [0.05, 0.1) is 6.10 Å². The molecule has 20 heavy (non-hydrogen) atoms. The first kappa shape index (κ1) is 17.1. The molecule has 1 rings (SSSR count). The largest absolute Gasteiger partial charge is 0.391 e. The molecule has 0 aliphatic rings. The highest BCUT2D eigenvalue weighted by Crippen LogP contribution is 2.21. The zero-order chi connectivity index (χ0) is 15.2. The molecule has 0 saturated heterocycles. The molecule has 0 fully saturated rings. The van der Waals surface area contributed by atoms with Crippen molar-refractivity contribution < 1.29 is 14.2 Å². The van der Waals surface area contributed by atoms with Crippen LogP contribution in [0.2, 0.25) is 0 Å². The van der Waals surface area contributed by atoms with E-state index in [1.807, 2.05) is 20.8 Å². The summed E-state index contributed by atoms with van der Waals surface area (Å²) in [6.07, 6.45) is 0.340. The number of hydrogen-bond acceptors (Lipinski definition) is 3. The summed E-state index contributed by atoms with van der Waals surface area (Å²) in [7, 11) is 1.66. The maximum absolute atomic E-state index is 13.0. The Labute approximate surface area is 121 Å². The number of benzene rings is 1. The second-order valence-electron chi connectivity index (χ2n) is 6.18. The van der Waals surface area contributed by atoms with Crippen molar-refractivity contribution in [1.82, 2.24) is 5.32 Å². The van der Waals surface area contributed by atoms with Crippen molar-refractivity contribution in [2.45, 2.75) is 39.3 Å². The van der Waals surface area contributed by atoms with E-state index in [4.69, 9.17) is 4.74 Å². The molecular weight excluding hydrogens is 257 g/mol. The average molecular weight is 283 g/mol. The van der Waals surface area contributed by atoms with Gasteiger partial charge in [-0.3, -0.25) is 0 Å². The van der Waals surface area contributed by atoms with E-state index in [2.05, 4.69) is 5.32 Å². The van der Waals surface area contributed by atoms with Gasteiger partial charge in [0.25, 0.3) is 0 Å². The van der Waals surface area contributed by atoms with E-state index in [1.54, 1.807) is 19.2 Å². The molecule has 2 unspecified atom stereocenters. The lowest BCUT2D eigenvalue weighted by Crippen LogP contribution is -2.38. The Balaban J connectivity index is 2.67. The molecule has 1 aromatic rings. The Bertz CT molecular complexity index is 386. The molecule has 2 N–H and O–H groups in total. The average Bonchev–Trinajstić information content (AvgIpc) is 2.39. The van der Waals surface area contributed by atoms with Gasteiger partial charge in [0.2, 0.25) is 0 Å². The van der Waals surface area contributed by atoms with Gasteiger partial charge in [-0.25, -0.2) is 4.39 Å². The fourth-order valence-corrected chi connectivity index (χ4v) is 1.88. The lowest BCUT2D eigenvalue weighted by molar-refractivity contribution is 0.0589. The molecule has 0 heterocycles. The summed E-state index contributed by atoms with van der Waals surface area (Å²) in [6, 6.07) is 6.50. The van der Waals surface area contributed by atoms with Gasteiger partial charge in [0.15, 0.2) is 0 Å². The van der Waals surface area contributed by atoms with Crippen molar-refractivity contribution in [3.8, 4) is 0 Å². The number of nitrogens with one attached hydrogen (secondary N) is 1. The van der Waals surface area contributed by atoms with Gasteiger partial charge in [-0.15, -0.1) is 0 Å². The minimum atomic E-state index is -0.437. The molecule has 0 aromatic heterocycles. The summed E-state index contributed by atoms with van der Waals surface area (Å²) in [5.41, 5.74) is 0.839. The molecular formula is C16H26FNO2. The molecule has 114 valence electrons. The van der Waals surface area contributed by atoms with Crippen molar-refractivity contribution >= 4 is 0 Å². The first-order chi connectivity index (χ1) is 9.34. The molecule has 0 aliphatic heterocycles. The number of hydrogen-bond donors (Lipinski definition) is 2. The zero-order valence-electron chi connectivity index (χ0n) is 12.8. The van der Waals surface area contributed by atoms with E-state index in [0.29, 0.717) is 13.2 Å². The van der Waals surface area contributed by atoms with Gasteiger partial charge in [0.1, 0.15) is 5.82 Å². The highest BCUT2D eigenvalue weighted by molar-refractivity contribution is 5.20. The first-order valence-electron chi connectivity index (χ1n) is 7.00. The van der Waals surface area contributed by atoms with Gasteiger partial charge >= 0.3 is 0 Å². The molecule has 1 aromatic carbocycles. The van der Waals surface area contributed by atoms with Crippen LogP contribution in [0.4, 0.5) is 4.39 Å². The van der Waals surface area contributed by atoms with Crippen LogP contribution in [0.5, 0.6) is 0 Å². The lowest BCUT2D eigenvalue weighted by atomic mass is 9.89. The minimum Gasteiger partial charge on any atom is -0.391 e. The maximum Gasteiger partial charge on any atom is 0.123 e. The number of rotatable bonds is 7. The van der Waals surface area contributed by atoms with E-state index < -0.39 is 6.10 Å². The summed E-state index contributed by atoms with van der Waals surface area (Å²) >= 11 is 0. The number of methoxy groups -OCH3 is 1. The molecule has 0 bridgehead atoms. The fourth-order valence-electron chi connectivity index (χ4n) is 1.88.